The molecule has 0 saturated heterocycles. The molecule has 1 aromatic carbocycles. The minimum atomic E-state index is -0.280. The number of imidazole rings is 1. The molecule has 0 unspecified atom stereocenters. The Bertz CT molecular complexity index is 1080. The number of hydrogen-bond acceptors (Lipinski definition) is 4. The highest BCUT2D eigenvalue weighted by molar-refractivity contribution is 5.93. The normalized spacial score (nSPS) is 10.9. The monoisotopic (exact) mass is 361 g/mol. The van der Waals surface area contributed by atoms with Crippen LogP contribution in [0.5, 0.6) is 0 Å². The Morgan fingerprint density at radius 1 is 1.04 bits per heavy atom. The smallest absolute Gasteiger partial charge is 0.251 e. The van der Waals surface area contributed by atoms with E-state index in [0.29, 0.717) is 17.9 Å². The summed E-state index contributed by atoms with van der Waals surface area (Å²) in [6.45, 7) is 0.729. The number of hydrogen-bond donors (Lipinski definition) is 1. The van der Waals surface area contributed by atoms with Crippen LogP contribution in [-0.4, -0.2) is 25.4 Å². The van der Waals surface area contributed by atoms with E-state index in [1.54, 1.807) is 42.9 Å². The fraction of sp³-hybridized carbons (Fsp3) is 0.100. The van der Waals surface area contributed by atoms with Crippen LogP contribution >= 0.6 is 0 Å². The summed E-state index contributed by atoms with van der Waals surface area (Å²) < 4.78 is 15.1. The molecule has 1 N–H and O–H groups in total. The number of carbonyl (C=O) groups excluding carboxylic acids is 1. The standard InChI is InChI=1S/C20H16FN5O/c21-16-5-3-14(4-6-16)13-26-18(25-17-2-1-9-23-19(17)26)12-24-20(27)15-7-10-22-11-8-15/h1-11H,12-13H2,(H,24,27). The van der Waals surface area contributed by atoms with Crippen molar-refractivity contribution in [2.75, 3.05) is 0 Å². The van der Waals surface area contributed by atoms with Crippen molar-refractivity contribution >= 4 is 17.1 Å². The van der Waals surface area contributed by atoms with Crippen LogP contribution in [0.2, 0.25) is 0 Å². The van der Waals surface area contributed by atoms with E-state index >= 15 is 0 Å². The van der Waals surface area contributed by atoms with Crippen LogP contribution < -0.4 is 5.32 Å². The van der Waals surface area contributed by atoms with Gasteiger partial charge >= 0.3 is 0 Å². The first kappa shape index (κ1) is 16.8. The highest BCUT2D eigenvalue weighted by Gasteiger charge is 2.14. The zero-order valence-electron chi connectivity index (χ0n) is 14.3. The molecule has 3 heterocycles. The quantitative estimate of drug-likeness (QED) is 0.593. The van der Waals surface area contributed by atoms with Crippen LogP contribution in [0.25, 0.3) is 11.2 Å². The van der Waals surface area contributed by atoms with E-state index in [4.69, 9.17) is 0 Å². The lowest BCUT2D eigenvalue weighted by molar-refractivity contribution is 0.0949. The van der Waals surface area contributed by atoms with Gasteiger partial charge in [0.2, 0.25) is 0 Å². The summed E-state index contributed by atoms with van der Waals surface area (Å²) in [5, 5.41) is 2.87. The molecule has 4 aromatic rings. The first-order chi connectivity index (χ1) is 13.2. The van der Waals surface area contributed by atoms with Crippen molar-refractivity contribution in [1.29, 1.82) is 0 Å². The number of benzene rings is 1. The number of fused-ring (bicyclic) bond motifs is 1. The lowest BCUT2D eigenvalue weighted by atomic mass is 10.2. The maximum absolute atomic E-state index is 13.2. The minimum Gasteiger partial charge on any atom is -0.345 e. The predicted molar refractivity (Wildman–Crippen MR) is 98.4 cm³/mol. The van der Waals surface area contributed by atoms with Gasteiger partial charge in [-0.2, -0.15) is 0 Å². The molecule has 4 rings (SSSR count). The molecule has 7 heteroatoms. The van der Waals surface area contributed by atoms with Crippen molar-refractivity contribution in [3.8, 4) is 0 Å². The molecular weight excluding hydrogens is 345 g/mol. The zero-order chi connectivity index (χ0) is 18.6. The van der Waals surface area contributed by atoms with Crippen LogP contribution in [0.15, 0.2) is 67.1 Å². The number of pyridine rings is 2. The molecule has 0 saturated carbocycles. The van der Waals surface area contributed by atoms with Crippen LogP contribution in [0.1, 0.15) is 21.7 Å². The van der Waals surface area contributed by atoms with E-state index in [0.717, 1.165) is 16.7 Å². The Labute approximate surface area is 154 Å². The summed E-state index contributed by atoms with van der Waals surface area (Å²) in [5.74, 6) is 0.193. The van der Waals surface area contributed by atoms with Crippen molar-refractivity contribution in [1.82, 2.24) is 24.8 Å². The van der Waals surface area contributed by atoms with Crippen molar-refractivity contribution in [2.45, 2.75) is 13.1 Å². The molecule has 0 bridgehead atoms. The van der Waals surface area contributed by atoms with E-state index in [-0.39, 0.29) is 18.3 Å². The highest BCUT2D eigenvalue weighted by Crippen LogP contribution is 2.16. The average Bonchev–Trinajstić information content (AvgIpc) is 3.06. The van der Waals surface area contributed by atoms with E-state index < -0.39 is 0 Å². The highest BCUT2D eigenvalue weighted by atomic mass is 19.1. The van der Waals surface area contributed by atoms with E-state index in [9.17, 15) is 9.18 Å². The van der Waals surface area contributed by atoms with E-state index in [1.165, 1.54) is 12.1 Å². The Hall–Kier alpha value is -3.61. The number of amides is 1. The Morgan fingerprint density at radius 2 is 1.81 bits per heavy atom. The molecular formula is C20H16FN5O. The summed E-state index contributed by atoms with van der Waals surface area (Å²) in [6, 6.07) is 13.3. The van der Waals surface area contributed by atoms with Crippen molar-refractivity contribution in [2.24, 2.45) is 0 Å². The molecule has 134 valence electrons. The fourth-order valence-corrected chi connectivity index (χ4v) is 2.84. The number of carbonyl (C=O) groups is 1. The van der Waals surface area contributed by atoms with Crippen molar-refractivity contribution in [3.05, 3.63) is 89.9 Å². The molecule has 0 atom stereocenters. The number of nitrogens with one attached hydrogen (secondary N) is 1. The number of rotatable bonds is 5. The molecule has 6 nitrogen and oxygen atoms in total. The molecule has 0 fully saturated rings. The Kier molecular flexibility index (Phi) is 4.57. The first-order valence-electron chi connectivity index (χ1n) is 8.43. The second-order valence-electron chi connectivity index (χ2n) is 6.01. The third kappa shape index (κ3) is 3.67. The summed E-state index contributed by atoms with van der Waals surface area (Å²) in [6.07, 6.45) is 4.84. The van der Waals surface area contributed by atoms with E-state index in [2.05, 4.69) is 20.3 Å². The zero-order valence-corrected chi connectivity index (χ0v) is 14.3. The summed E-state index contributed by atoms with van der Waals surface area (Å²) in [5.41, 5.74) is 2.91. The van der Waals surface area contributed by atoms with Gasteiger partial charge in [0.1, 0.15) is 17.2 Å². The Morgan fingerprint density at radius 3 is 2.59 bits per heavy atom. The van der Waals surface area contributed by atoms with Gasteiger partial charge in [0.15, 0.2) is 5.65 Å². The molecule has 0 aliphatic carbocycles. The van der Waals surface area contributed by atoms with Gasteiger partial charge in [-0.1, -0.05) is 12.1 Å². The lowest BCUT2D eigenvalue weighted by Gasteiger charge is -2.10. The first-order valence-corrected chi connectivity index (χ1v) is 8.43. The molecule has 0 aliphatic heterocycles. The summed E-state index contributed by atoms with van der Waals surface area (Å²) in [4.78, 5) is 25.2. The number of nitrogens with zero attached hydrogens (tertiary/aromatic N) is 4. The topological polar surface area (TPSA) is 72.7 Å². The maximum atomic E-state index is 13.2. The van der Waals surface area contributed by atoms with Crippen LogP contribution in [0.3, 0.4) is 0 Å². The van der Waals surface area contributed by atoms with Crippen LogP contribution in [-0.2, 0) is 13.1 Å². The Balaban J connectivity index is 1.61. The minimum absolute atomic E-state index is 0.203. The van der Waals surface area contributed by atoms with Crippen molar-refractivity contribution in [3.63, 3.8) is 0 Å². The predicted octanol–water partition coefficient (Wildman–Crippen LogP) is 2.94. The largest absolute Gasteiger partial charge is 0.345 e. The second-order valence-corrected chi connectivity index (χ2v) is 6.01. The molecule has 27 heavy (non-hydrogen) atoms. The van der Waals surface area contributed by atoms with Gasteiger partial charge in [-0.25, -0.2) is 14.4 Å². The van der Waals surface area contributed by atoms with Crippen LogP contribution in [0.4, 0.5) is 4.39 Å². The summed E-state index contributed by atoms with van der Waals surface area (Å²) >= 11 is 0. The summed E-state index contributed by atoms with van der Waals surface area (Å²) in [7, 11) is 0. The van der Waals surface area contributed by atoms with Gasteiger partial charge < -0.3 is 9.88 Å². The molecule has 0 radical (unpaired) electrons. The molecule has 0 aliphatic rings. The number of aromatic nitrogens is 4. The van der Waals surface area contributed by atoms with Gasteiger partial charge in [0.05, 0.1) is 13.1 Å². The number of halogens is 1. The van der Waals surface area contributed by atoms with Gasteiger partial charge in [-0.05, 0) is 42.0 Å². The maximum Gasteiger partial charge on any atom is 0.251 e. The fourth-order valence-electron chi connectivity index (χ4n) is 2.84. The van der Waals surface area contributed by atoms with Crippen molar-refractivity contribution < 1.29 is 9.18 Å². The lowest BCUT2D eigenvalue weighted by Crippen LogP contribution is -2.25. The second kappa shape index (κ2) is 7.33. The third-order valence-corrected chi connectivity index (χ3v) is 4.19. The molecule has 3 aromatic heterocycles. The van der Waals surface area contributed by atoms with E-state index in [1.807, 2.05) is 16.7 Å². The van der Waals surface area contributed by atoms with Gasteiger partial charge in [0.25, 0.3) is 5.91 Å². The van der Waals surface area contributed by atoms with Gasteiger partial charge in [-0.15, -0.1) is 0 Å². The third-order valence-electron chi connectivity index (χ3n) is 4.19. The molecule has 1 amide bonds. The average molecular weight is 361 g/mol. The van der Waals surface area contributed by atoms with Gasteiger partial charge in [-0.3, -0.25) is 9.78 Å². The van der Waals surface area contributed by atoms with Crippen LogP contribution in [0, 0.1) is 5.82 Å². The SMILES string of the molecule is O=C(NCc1nc2cccnc2n1Cc1ccc(F)cc1)c1ccncc1. The molecule has 0 spiro atoms. The van der Waals surface area contributed by atoms with Gasteiger partial charge in [0, 0.05) is 24.2 Å².